The lowest BCUT2D eigenvalue weighted by atomic mass is 10.1. The summed E-state index contributed by atoms with van der Waals surface area (Å²) in [5, 5.41) is 9.49. The second-order valence-electron chi connectivity index (χ2n) is 4.17. The molecule has 1 atom stereocenters. The van der Waals surface area contributed by atoms with Gasteiger partial charge in [0, 0.05) is 29.5 Å². The smallest absolute Gasteiger partial charge is 0.325 e. The molecule has 1 aliphatic heterocycles. The number of carbonyl (C=O) groups is 1. The first-order chi connectivity index (χ1) is 8.72. The fourth-order valence-electron chi connectivity index (χ4n) is 2.16. The quantitative estimate of drug-likeness (QED) is 0.860. The van der Waals surface area contributed by atoms with E-state index in [1.165, 1.54) is 0 Å². The van der Waals surface area contributed by atoms with Gasteiger partial charge in [-0.3, -0.25) is 9.69 Å². The van der Waals surface area contributed by atoms with Crippen LogP contribution in [0.5, 0.6) is 0 Å². The average molecular weight is 283 g/mol. The zero-order chi connectivity index (χ0) is 13.0. The van der Waals surface area contributed by atoms with Crippen LogP contribution in [-0.4, -0.2) is 46.8 Å². The first-order valence-corrected chi connectivity index (χ1v) is 8.29. The van der Waals surface area contributed by atoms with Crippen molar-refractivity contribution in [3.8, 4) is 0 Å². The molecule has 0 unspecified atom stereocenters. The Balaban J connectivity index is 2.25. The van der Waals surface area contributed by atoms with E-state index >= 15 is 0 Å². The second kappa shape index (κ2) is 6.50. The summed E-state index contributed by atoms with van der Waals surface area (Å²) < 4.78 is 0. The van der Waals surface area contributed by atoms with Crippen molar-refractivity contribution in [3.63, 3.8) is 0 Å². The van der Waals surface area contributed by atoms with Crippen LogP contribution < -0.4 is 0 Å². The molecule has 2 rings (SSSR count). The maximum Gasteiger partial charge on any atom is 0.325 e. The summed E-state index contributed by atoms with van der Waals surface area (Å²) >= 11 is 3.54. The minimum absolute atomic E-state index is 0.502. The van der Waals surface area contributed by atoms with Gasteiger partial charge in [-0.2, -0.15) is 11.8 Å². The Bertz CT molecular complexity index is 419. The number of nitrogens with zero attached hydrogens (tertiary/aromatic N) is 1. The SMILES string of the molecule is CSc1cccc([C@H](C(=O)O)N2CCSCC2)c1. The van der Waals surface area contributed by atoms with Crippen molar-refractivity contribution in [1.29, 1.82) is 0 Å². The van der Waals surface area contributed by atoms with E-state index in [1.54, 1.807) is 11.8 Å². The van der Waals surface area contributed by atoms with E-state index in [-0.39, 0.29) is 0 Å². The van der Waals surface area contributed by atoms with E-state index in [1.807, 2.05) is 42.3 Å². The van der Waals surface area contributed by atoms with Gasteiger partial charge in [-0.25, -0.2) is 0 Å². The van der Waals surface area contributed by atoms with Crippen LogP contribution >= 0.6 is 23.5 Å². The van der Waals surface area contributed by atoms with Gasteiger partial charge in [0.05, 0.1) is 0 Å². The highest BCUT2D eigenvalue weighted by molar-refractivity contribution is 7.99. The topological polar surface area (TPSA) is 40.5 Å². The molecule has 1 heterocycles. The van der Waals surface area contributed by atoms with Crippen LogP contribution in [-0.2, 0) is 4.79 Å². The molecule has 5 heteroatoms. The molecule has 0 aromatic heterocycles. The molecule has 1 aliphatic rings. The van der Waals surface area contributed by atoms with Gasteiger partial charge in [0.25, 0.3) is 0 Å². The lowest BCUT2D eigenvalue weighted by Crippen LogP contribution is -2.39. The predicted octanol–water partition coefficient (Wildman–Crippen LogP) is 2.58. The van der Waals surface area contributed by atoms with E-state index in [2.05, 4.69) is 4.90 Å². The lowest BCUT2D eigenvalue weighted by Gasteiger charge is -2.32. The highest BCUT2D eigenvalue weighted by Crippen LogP contribution is 2.27. The monoisotopic (exact) mass is 283 g/mol. The number of hydrogen-bond donors (Lipinski definition) is 1. The Kier molecular flexibility index (Phi) is 4.97. The summed E-state index contributed by atoms with van der Waals surface area (Å²) in [6.45, 7) is 1.70. The van der Waals surface area contributed by atoms with Crippen LogP contribution in [0, 0.1) is 0 Å². The number of aliphatic carboxylic acids is 1. The molecular weight excluding hydrogens is 266 g/mol. The average Bonchev–Trinajstić information content (AvgIpc) is 2.40. The predicted molar refractivity (Wildman–Crippen MR) is 77.5 cm³/mol. The van der Waals surface area contributed by atoms with Crippen molar-refractivity contribution in [2.24, 2.45) is 0 Å². The summed E-state index contributed by atoms with van der Waals surface area (Å²) in [5.41, 5.74) is 0.890. The number of hydrogen-bond acceptors (Lipinski definition) is 4. The van der Waals surface area contributed by atoms with Crippen LogP contribution in [0.3, 0.4) is 0 Å². The molecule has 1 fully saturated rings. The van der Waals surface area contributed by atoms with Crippen LogP contribution in [0.25, 0.3) is 0 Å². The van der Waals surface area contributed by atoms with E-state index in [9.17, 15) is 9.90 Å². The summed E-state index contributed by atoms with van der Waals surface area (Å²) in [7, 11) is 0. The van der Waals surface area contributed by atoms with E-state index in [4.69, 9.17) is 0 Å². The van der Waals surface area contributed by atoms with Gasteiger partial charge < -0.3 is 5.11 Å². The van der Waals surface area contributed by atoms with Crippen molar-refractivity contribution in [2.75, 3.05) is 30.9 Å². The van der Waals surface area contributed by atoms with E-state index < -0.39 is 12.0 Å². The minimum atomic E-state index is -0.750. The standard InChI is InChI=1S/C13H17NO2S2/c1-17-11-4-2-3-10(9-11)12(13(15)16)14-5-7-18-8-6-14/h2-4,9,12H,5-8H2,1H3,(H,15,16)/t12-/m1/s1. The van der Waals surface area contributed by atoms with Crippen LogP contribution in [0.4, 0.5) is 0 Å². The Morgan fingerprint density at radius 1 is 1.44 bits per heavy atom. The Morgan fingerprint density at radius 2 is 2.17 bits per heavy atom. The van der Waals surface area contributed by atoms with Gasteiger partial charge in [-0.15, -0.1) is 11.8 Å². The van der Waals surface area contributed by atoms with Crippen molar-refractivity contribution >= 4 is 29.5 Å². The van der Waals surface area contributed by atoms with E-state index in [0.717, 1.165) is 35.1 Å². The van der Waals surface area contributed by atoms with Crippen molar-refractivity contribution < 1.29 is 9.90 Å². The molecule has 0 radical (unpaired) electrons. The molecule has 0 amide bonds. The molecule has 0 saturated carbocycles. The lowest BCUT2D eigenvalue weighted by molar-refractivity contribution is -0.143. The number of thioether (sulfide) groups is 2. The maximum absolute atomic E-state index is 11.5. The number of rotatable bonds is 4. The molecule has 98 valence electrons. The highest BCUT2D eigenvalue weighted by atomic mass is 32.2. The third kappa shape index (κ3) is 3.22. The fraction of sp³-hybridized carbons (Fsp3) is 0.462. The Labute approximate surface area is 116 Å². The number of carboxylic acid groups (broad SMARTS) is 1. The van der Waals surface area contributed by atoms with Crippen LogP contribution in [0.15, 0.2) is 29.2 Å². The Hall–Kier alpha value is -0.650. The van der Waals surface area contributed by atoms with Crippen molar-refractivity contribution in [2.45, 2.75) is 10.9 Å². The molecule has 0 spiro atoms. The van der Waals surface area contributed by atoms with Crippen LogP contribution in [0.2, 0.25) is 0 Å². The third-order valence-corrected chi connectivity index (χ3v) is 4.72. The van der Waals surface area contributed by atoms with Crippen molar-refractivity contribution in [1.82, 2.24) is 4.90 Å². The first-order valence-electron chi connectivity index (χ1n) is 5.91. The van der Waals surface area contributed by atoms with Gasteiger partial charge in [0.1, 0.15) is 6.04 Å². The zero-order valence-electron chi connectivity index (χ0n) is 10.3. The fourth-order valence-corrected chi connectivity index (χ4v) is 3.56. The second-order valence-corrected chi connectivity index (χ2v) is 6.27. The normalized spacial score (nSPS) is 18.5. The minimum Gasteiger partial charge on any atom is -0.480 e. The van der Waals surface area contributed by atoms with E-state index in [0.29, 0.717) is 0 Å². The summed E-state index contributed by atoms with van der Waals surface area (Å²) in [6.07, 6.45) is 2.01. The highest BCUT2D eigenvalue weighted by Gasteiger charge is 2.28. The molecule has 1 aromatic carbocycles. The number of carboxylic acids is 1. The Morgan fingerprint density at radius 3 is 2.78 bits per heavy atom. The molecule has 1 N–H and O–H groups in total. The summed E-state index contributed by atoms with van der Waals surface area (Å²) in [5.74, 6) is 1.29. The maximum atomic E-state index is 11.5. The zero-order valence-corrected chi connectivity index (χ0v) is 12.0. The van der Waals surface area contributed by atoms with Gasteiger partial charge in [0.15, 0.2) is 0 Å². The summed E-state index contributed by atoms with van der Waals surface area (Å²) in [6, 6.07) is 7.36. The van der Waals surface area contributed by atoms with Gasteiger partial charge in [-0.1, -0.05) is 12.1 Å². The molecule has 1 saturated heterocycles. The van der Waals surface area contributed by atoms with Gasteiger partial charge >= 0.3 is 5.97 Å². The third-order valence-electron chi connectivity index (χ3n) is 3.05. The molecule has 0 aliphatic carbocycles. The largest absolute Gasteiger partial charge is 0.480 e. The molecule has 3 nitrogen and oxygen atoms in total. The summed E-state index contributed by atoms with van der Waals surface area (Å²) in [4.78, 5) is 14.7. The molecule has 0 bridgehead atoms. The molecule has 18 heavy (non-hydrogen) atoms. The van der Waals surface area contributed by atoms with Crippen LogP contribution in [0.1, 0.15) is 11.6 Å². The van der Waals surface area contributed by atoms with Gasteiger partial charge in [0.2, 0.25) is 0 Å². The first kappa shape index (κ1) is 13.8. The van der Waals surface area contributed by atoms with Gasteiger partial charge in [-0.05, 0) is 24.0 Å². The number of benzene rings is 1. The molecular formula is C13H17NO2S2. The molecule has 1 aromatic rings. The van der Waals surface area contributed by atoms with Crippen molar-refractivity contribution in [3.05, 3.63) is 29.8 Å².